The van der Waals surface area contributed by atoms with Gasteiger partial charge in [-0.15, -0.1) is 11.6 Å². The van der Waals surface area contributed by atoms with E-state index >= 15 is 0 Å². The van der Waals surface area contributed by atoms with Gasteiger partial charge in [0.05, 0.1) is 24.9 Å². The number of hydrogen-bond acceptors (Lipinski definition) is 8. The summed E-state index contributed by atoms with van der Waals surface area (Å²) in [5.74, 6) is -0.878. The second-order valence-corrected chi connectivity index (χ2v) is 13.3. The van der Waals surface area contributed by atoms with E-state index in [1.54, 1.807) is 70.3 Å². The van der Waals surface area contributed by atoms with Crippen LogP contribution in [0, 0.1) is 0 Å². The minimum atomic E-state index is -1.33. The molecule has 0 saturated carbocycles. The zero-order valence-electron chi connectivity index (χ0n) is 28.2. The number of alkyl carbamates (subject to hydrolysis) is 1. The highest BCUT2D eigenvalue weighted by molar-refractivity contribution is 6.30. The average molecular weight is 702 g/mol. The molecule has 0 bridgehead atoms. The number of aromatic nitrogens is 1. The molecule has 50 heavy (non-hydrogen) atoms. The molecule has 1 fully saturated rings. The number of pyridine rings is 1. The Balaban J connectivity index is 1.40. The van der Waals surface area contributed by atoms with Crippen molar-refractivity contribution in [1.82, 2.24) is 20.5 Å². The van der Waals surface area contributed by atoms with Gasteiger partial charge in [-0.2, -0.15) is 0 Å². The number of ether oxygens (including phenoxy) is 3. The van der Waals surface area contributed by atoms with Gasteiger partial charge in [-0.25, -0.2) is 9.78 Å². The van der Waals surface area contributed by atoms with Gasteiger partial charge >= 0.3 is 6.09 Å². The number of primary amides is 1. The molecular formula is C37H40ClN5O7. The third kappa shape index (κ3) is 8.80. The standard InChI is InChI=1S/C37H40ClN5O7/c1-37(2,3)50-36(47)42-29(20-40-34(45)32(38)23-13-9-6-10-14-23)35(46)43-21-25(18-30(43)33(39)44)49-31-19-27(22-11-7-5-8-12-22)41-28-17-24(48-4)15-16-26(28)31/h5-17,19,25,29-30,32H,18,20-21H2,1-4H3,(H2,39,44)(H,40,45)(H,42,47)/t25-,29+,30+,32-/m1/s1. The molecular weight excluding hydrogens is 662 g/mol. The number of fused-ring (bicyclic) bond motifs is 1. The number of nitrogens with one attached hydrogen (secondary N) is 2. The minimum absolute atomic E-state index is 0.0321. The van der Waals surface area contributed by atoms with Gasteiger partial charge in [-0.3, -0.25) is 14.4 Å². The van der Waals surface area contributed by atoms with Crippen LogP contribution in [0.15, 0.2) is 84.9 Å². The van der Waals surface area contributed by atoms with E-state index in [2.05, 4.69) is 10.6 Å². The minimum Gasteiger partial charge on any atom is -0.497 e. The van der Waals surface area contributed by atoms with Gasteiger partial charge in [0, 0.05) is 36.0 Å². The fourth-order valence-electron chi connectivity index (χ4n) is 5.65. The number of nitrogens with two attached hydrogens (primary N) is 1. The van der Waals surface area contributed by atoms with Crippen LogP contribution < -0.4 is 25.8 Å². The molecule has 1 aliphatic rings. The summed E-state index contributed by atoms with van der Waals surface area (Å²) in [5.41, 5.74) is 7.64. The van der Waals surface area contributed by atoms with Crippen molar-refractivity contribution < 1.29 is 33.4 Å². The first-order valence-electron chi connectivity index (χ1n) is 16.1. The molecule has 1 saturated heterocycles. The van der Waals surface area contributed by atoms with Crippen LogP contribution in [0.5, 0.6) is 11.5 Å². The molecule has 4 N–H and O–H groups in total. The van der Waals surface area contributed by atoms with Gasteiger partial charge in [0.1, 0.15) is 40.7 Å². The van der Waals surface area contributed by atoms with Crippen LogP contribution in [0.25, 0.3) is 22.2 Å². The third-order valence-corrected chi connectivity index (χ3v) is 8.46. The summed E-state index contributed by atoms with van der Waals surface area (Å²) in [6, 6.07) is 23.1. The summed E-state index contributed by atoms with van der Waals surface area (Å²) in [6.45, 7) is 4.66. The SMILES string of the molecule is COc1ccc2c(O[C@@H]3C[C@@H](C(N)=O)N(C(=O)[C@H](CNC(=O)[C@H](Cl)c4ccccc4)NC(=O)OC(C)(C)C)C3)cc(-c3ccccc3)nc2c1. The van der Waals surface area contributed by atoms with Crippen LogP contribution in [0.4, 0.5) is 4.79 Å². The lowest BCUT2D eigenvalue weighted by Gasteiger charge is -2.29. The number of carbonyl (C=O) groups is 4. The van der Waals surface area contributed by atoms with E-state index < -0.39 is 53.0 Å². The molecule has 4 amide bonds. The Morgan fingerprint density at radius 2 is 1.68 bits per heavy atom. The first-order valence-corrected chi connectivity index (χ1v) is 16.5. The highest BCUT2D eigenvalue weighted by atomic mass is 35.5. The summed E-state index contributed by atoms with van der Waals surface area (Å²) >= 11 is 6.40. The molecule has 0 radical (unpaired) electrons. The highest BCUT2D eigenvalue weighted by Crippen LogP contribution is 2.34. The number of alkyl halides is 1. The van der Waals surface area contributed by atoms with Crippen molar-refractivity contribution in [2.45, 2.75) is 56.4 Å². The van der Waals surface area contributed by atoms with Crippen molar-refractivity contribution in [2.75, 3.05) is 20.2 Å². The normalized spacial score (nSPS) is 17.0. The Labute approximate surface area is 295 Å². The average Bonchev–Trinajstić information content (AvgIpc) is 3.53. The number of carbonyl (C=O) groups excluding carboxylic acids is 4. The molecule has 0 aliphatic carbocycles. The number of amides is 4. The zero-order chi connectivity index (χ0) is 36.0. The molecule has 13 heteroatoms. The maximum absolute atomic E-state index is 14.1. The Bertz CT molecular complexity index is 1850. The molecule has 1 aliphatic heterocycles. The summed E-state index contributed by atoms with van der Waals surface area (Å²) in [5, 5.41) is 4.84. The Morgan fingerprint density at radius 3 is 2.32 bits per heavy atom. The smallest absolute Gasteiger partial charge is 0.408 e. The molecule has 262 valence electrons. The van der Waals surface area contributed by atoms with Gasteiger partial charge in [0.25, 0.3) is 0 Å². The molecule has 1 aromatic heterocycles. The summed E-state index contributed by atoms with van der Waals surface area (Å²) in [4.78, 5) is 58.8. The third-order valence-electron chi connectivity index (χ3n) is 8.01. The molecule has 3 aromatic carbocycles. The van der Waals surface area contributed by atoms with Crippen molar-refractivity contribution >= 4 is 46.3 Å². The van der Waals surface area contributed by atoms with E-state index in [1.807, 2.05) is 42.5 Å². The maximum atomic E-state index is 14.1. The van der Waals surface area contributed by atoms with Gasteiger partial charge < -0.3 is 35.5 Å². The monoisotopic (exact) mass is 701 g/mol. The first kappa shape index (κ1) is 35.9. The van der Waals surface area contributed by atoms with E-state index in [9.17, 15) is 19.2 Å². The largest absolute Gasteiger partial charge is 0.497 e. The lowest BCUT2D eigenvalue weighted by atomic mass is 10.1. The molecule has 4 atom stereocenters. The second-order valence-electron chi connectivity index (χ2n) is 12.9. The molecule has 4 aromatic rings. The Hall–Kier alpha value is -5.36. The summed E-state index contributed by atoms with van der Waals surface area (Å²) < 4.78 is 17.3. The number of methoxy groups -OCH3 is 1. The highest BCUT2D eigenvalue weighted by Gasteiger charge is 2.43. The fourth-order valence-corrected chi connectivity index (χ4v) is 5.87. The maximum Gasteiger partial charge on any atom is 0.408 e. The topological polar surface area (TPSA) is 162 Å². The van der Waals surface area contributed by atoms with Crippen molar-refractivity contribution in [3.05, 3.63) is 90.5 Å². The van der Waals surface area contributed by atoms with Crippen molar-refractivity contribution in [3.8, 4) is 22.8 Å². The number of likely N-dealkylation sites (tertiary alicyclic amines) is 1. The number of nitrogens with zero attached hydrogens (tertiary/aromatic N) is 2. The number of benzene rings is 3. The number of rotatable bonds is 11. The lowest BCUT2D eigenvalue weighted by Crippen LogP contribution is -2.57. The zero-order valence-corrected chi connectivity index (χ0v) is 29.0. The Morgan fingerprint density at radius 1 is 1.00 bits per heavy atom. The summed E-state index contributed by atoms with van der Waals surface area (Å²) in [6.07, 6.45) is -1.45. The second kappa shape index (κ2) is 15.5. The van der Waals surface area contributed by atoms with Crippen LogP contribution in [0.2, 0.25) is 0 Å². The summed E-state index contributed by atoms with van der Waals surface area (Å²) in [7, 11) is 1.57. The predicted molar refractivity (Wildman–Crippen MR) is 189 cm³/mol. The fraction of sp³-hybridized carbons (Fsp3) is 0.324. The van der Waals surface area contributed by atoms with Crippen molar-refractivity contribution in [1.29, 1.82) is 0 Å². The van der Waals surface area contributed by atoms with E-state index in [4.69, 9.17) is 36.5 Å². The van der Waals surface area contributed by atoms with Crippen LogP contribution >= 0.6 is 11.6 Å². The van der Waals surface area contributed by atoms with Gasteiger partial charge in [0.2, 0.25) is 17.7 Å². The van der Waals surface area contributed by atoms with Crippen LogP contribution in [0.1, 0.15) is 38.1 Å². The van der Waals surface area contributed by atoms with Crippen LogP contribution in [-0.2, 0) is 19.1 Å². The van der Waals surface area contributed by atoms with Crippen molar-refractivity contribution in [2.24, 2.45) is 5.73 Å². The first-order chi connectivity index (χ1) is 23.8. The van der Waals surface area contributed by atoms with Gasteiger partial charge in [-0.1, -0.05) is 60.7 Å². The quantitative estimate of drug-likeness (QED) is 0.189. The molecule has 12 nitrogen and oxygen atoms in total. The van der Waals surface area contributed by atoms with Crippen molar-refractivity contribution in [3.63, 3.8) is 0 Å². The lowest BCUT2D eigenvalue weighted by molar-refractivity contribution is -0.139. The van der Waals surface area contributed by atoms with E-state index in [1.165, 1.54) is 4.90 Å². The molecule has 0 unspecified atom stereocenters. The molecule has 0 spiro atoms. The number of halogens is 1. The number of hydrogen-bond donors (Lipinski definition) is 3. The molecule has 2 heterocycles. The van der Waals surface area contributed by atoms with E-state index in [0.717, 1.165) is 5.56 Å². The van der Waals surface area contributed by atoms with Gasteiger partial charge in [-0.05, 0) is 38.5 Å². The Kier molecular flexibility index (Phi) is 11.1. The van der Waals surface area contributed by atoms with Crippen LogP contribution in [0.3, 0.4) is 0 Å². The van der Waals surface area contributed by atoms with E-state index in [0.29, 0.717) is 33.7 Å². The predicted octanol–water partition coefficient (Wildman–Crippen LogP) is 4.73. The van der Waals surface area contributed by atoms with Gasteiger partial charge in [0.15, 0.2) is 0 Å². The molecule has 5 rings (SSSR count). The van der Waals surface area contributed by atoms with Crippen LogP contribution in [-0.4, -0.2) is 77.7 Å². The van der Waals surface area contributed by atoms with E-state index in [-0.39, 0.29) is 19.5 Å².